The number of ether oxygens (including phenoxy) is 3. The Morgan fingerprint density at radius 2 is 1.40 bits per heavy atom. The third-order valence-corrected chi connectivity index (χ3v) is 6.43. The molecule has 1 saturated carbocycles. The lowest BCUT2D eigenvalue weighted by Crippen LogP contribution is -2.45. The summed E-state index contributed by atoms with van der Waals surface area (Å²) in [4.78, 5) is 68.4. The highest BCUT2D eigenvalue weighted by molar-refractivity contribution is 6.33. The van der Waals surface area contributed by atoms with Crippen LogP contribution in [0, 0.1) is 11.3 Å². The van der Waals surface area contributed by atoms with Crippen LogP contribution in [-0.2, 0) is 34.0 Å². The third kappa shape index (κ3) is 3.10. The van der Waals surface area contributed by atoms with Gasteiger partial charge in [-0.2, -0.15) is 0 Å². The number of ketones is 1. The van der Waals surface area contributed by atoms with E-state index in [1.165, 1.54) is 24.3 Å². The van der Waals surface area contributed by atoms with Gasteiger partial charge in [0.2, 0.25) is 5.91 Å². The Labute approximate surface area is 201 Å². The summed E-state index contributed by atoms with van der Waals surface area (Å²) in [5, 5.41) is 0. The molecule has 0 saturated heterocycles. The molecule has 35 heavy (non-hydrogen) atoms. The summed E-state index contributed by atoms with van der Waals surface area (Å²) in [5.41, 5.74) is -4.84. The van der Waals surface area contributed by atoms with Crippen molar-refractivity contribution in [3.05, 3.63) is 65.7 Å². The molecule has 1 aliphatic carbocycles. The van der Waals surface area contributed by atoms with Gasteiger partial charge in [-0.15, -0.1) is 0 Å². The number of para-hydroxylation sites is 1. The zero-order valence-corrected chi connectivity index (χ0v) is 20.0. The van der Waals surface area contributed by atoms with Crippen molar-refractivity contribution in [1.82, 2.24) is 0 Å². The minimum Gasteiger partial charge on any atom is -0.468 e. The molecule has 0 bridgehead atoms. The van der Waals surface area contributed by atoms with E-state index in [-0.39, 0.29) is 16.8 Å². The zero-order chi connectivity index (χ0) is 25.8. The number of benzene rings is 2. The van der Waals surface area contributed by atoms with Gasteiger partial charge in [-0.25, -0.2) is 9.69 Å². The fourth-order valence-electron chi connectivity index (χ4n) is 5.15. The summed E-state index contributed by atoms with van der Waals surface area (Å²) in [6, 6.07) is 14.2. The Morgan fingerprint density at radius 3 is 1.94 bits per heavy atom. The Kier molecular flexibility index (Phi) is 5.54. The first-order valence-electron chi connectivity index (χ1n) is 10.9. The van der Waals surface area contributed by atoms with Crippen LogP contribution in [0.4, 0.5) is 10.5 Å². The van der Waals surface area contributed by atoms with Crippen LogP contribution >= 0.6 is 0 Å². The number of carbonyl (C=O) groups is 5. The standard InChI is InChI=1S/C26H25NO8/c1-24(2,3)35-23(32)27-17-14-10-9-13-16(17)25(20(27)29)19(18(28)15-11-7-6-8-12-15)26(25,21(30)33-4)22(31)34-5/h6-14,19H,1-5H3. The lowest BCUT2D eigenvalue weighted by atomic mass is 9.86. The van der Waals surface area contributed by atoms with Crippen LogP contribution in [0.3, 0.4) is 0 Å². The molecule has 2 atom stereocenters. The van der Waals surface area contributed by atoms with Crippen molar-refractivity contribution in [1.29, 1.82) is 0 Å². The smallest absolute Gasteiger partial charge is 0.421 e. The minimum atomic E-state index is -2.33. The van der Waals surface area contributed by atoms with Crippen LogP contribution < -0.4 is 4.90 Å². The first-order valence-corrected chi connectivity index (χ1v) is 10.9. The molecule has 1 fully saturated rings. The van der Waals surface area contributed by atoms with E-state index < -0.39 is 52.1 Å². The van der Waals surface area contributed by atoms with E-state index in [4.69, 9.17) is 14.2 Å². The highest BCUT2D eigenvalue weighted by atomic mass is 16.6. The minimum absolute atomic E-state index is 0.118. The number of esters is 2. The molecule has 4 rings (SSSR count). The molecule has 9 heteroatoms. The summed E-state index contributed by atoms with van der Waals surface area (Å²) in [5.74, 6) is -5.27. The summed E-state index contributed by atoms with van der Waals surface area (Å²) in [6.07, 6.45) is -0.992. The molecule has 0 N–H and O–H groups in total. The van der Waals surface area contributed by atoms with E-state index in [1.54, 1.807) is 51.1 Å². The Morgan fingerprint density at radius 1 is 0.857 bits per heavy atom. The van der Waals surface area contributed by atoms with E-state index in [0.29, 0.717) is 0 Å². The van der Waals surface area contributed by atoms with Crippen LogP contribution in [-0.4, -0.2) is 49.5 Å². The molecule has 2 aromatic rings. The number of anilines is 1. The number of fused-ring (bicyclic) bond motifs is 2. The normalized spacial score (nSPS) is 21.8. The largest absolute Gasteiger partial charge is 0.468 e. The number of amides is 2. The lowest BCUT2D eigenvalue weighted by molar-refractivity contribution is -0.164. The average molecular weight is 479 g/mol. The van der Waals surface area contributed by atoms with Gasteiger partial charge >= 0.3 is 18.0 Å². The summed E-state index contributed by atoms with van der Waals surface area (Å²) >= 11 is 0. The van der Waals surface area contributed by atoms with Crippen LogP contribution in [0.2, 0.25) is 0 Å². The van der Waals surface area contributed by atoms with Crippen molar-refractivity contribution in [2.24, 2.45) is 11.3 Å². The number of hydrogen-bond donors (Lipinski definition) is 0. The summed E-state index contributed by atoms with van der Waals surface area (Å²) in [6.45, 7) is 4.91. The molecule has 182 valence electrons. The fraction of sp³-hybridized carbons (Fsp3) is 0.346. The molecular weight excluding hydrogens is 454 g/mol. The second-order valence-electron chi connectivity index (χ2n) is 9.40. The number of carbonyl (C=O) groups excluding carboxylic acids is 5. The van der Waals surface area contributed by atoms with Gasteiger partial charge in [0.25, 0.3) is 0 Å². The number of hydrogen-bond acceptors (Lipinski definition) is 8. The van der Waals surface area contributed by atoms with E-state index in [0.717, 1.165) is 19.1 Å². The molecule has 1 aliphatic heterocycles. The lowest BCUT2D eigenvalue weighted by Gasteiger charge is -2.24. The molecule has 0 radical (unpaired) electrons. The van der Waals surface area contributed by atoms with Gasteiger partial charge in [-0.3, -0.25) is 19.2 Å². The van der Waals surface area contributed by atoms with Crippen molar-refractivity contribution in [2.45, 2.75) is 31.8 Å². The van der Waals surface area contributed by atoms with Crippen molar-refractivity contribution < 1.29 is 38.2 Å². The van der Waals surface area contributed by atoms with Crippen molar-refractivity contribution in [2.75, 3.05) is 19.1 Å². The topological polar surface area (TPSA) is 116 Å². The Hall–Kier alpha value is -4.01. The van der Waals surface area contributed by atoms with Crippen LogP contribution in [0.15, 0.2) is 54.6 Å². The van der Waals surface area contributed by atoms with Crippen molar-refractivity contribution in [3.63, 3.8) is 0 Å². The van der Waals surface area contributed by atoms with Crippen molar-refractivity contribution >= 4 is 35.4 Å². The second-order valence-corrected chi connectivity index (χ2v) is 9.40. The predicted octanol–water partition coefficient (Wildman–Crippen LogP) is 3.05. The van der Waals surface area contributed by atoms with Crippen LogP contribution in [0.25, 0.3) is 0 Å². The van der Waals surface area contributed by atoms with E-state index in [9.17, 15) is 24.0 Å². The first kappa shape index (κ1) is 24.1. The van der Waals surface area contributed by atoms with Gasteiger partial charge in [0.05, 0.1) is 25.8 Å². The highest BCUT2D eigenvalue weighted by Crippen LogP contribution is 2.75. The van der Waals surface area contributed by atoms with E-state index >= 15 is 0 Å². The molecular formula is C26H25NO8. The van der Waals surface area contributed by atoms with Gasteiger partial charge in [-0.1, -0.05) is 48.5 Å². The Bertz CT molecular complexity index is 1230. The number of Topliss-reactive ketones (excluding diaryl/α,β-unsaturated/α-hetero) is 1. The maximum atomic E-state index is 14.1. The maximum absolute atomic E-state index is 14.1. The van der Waals surface area contributed by atoms with Gasteiger partial charge in [0.15, 0.2) is 11.2 Å². The van der Waals surface area contributed by atoms with Gasteiger partial charge in [0, 0.05) is 5.56 Å². The molecule has 2 amide bonds. The van der Waals surface area contributed by atoms with Crippen LogP contribution in [0.5, 0.6) is 0 Å². The molecule has 0 aromatic heterocycles. The van der Waals surface area contributed by atoms with Gasteiger partial charge in [-0.05, 0) is 32.4 Å². The molecule has 2 aromatic carbocycles. The van der Waals surface area contributed by atoms with Crippen LogP contribution in [0.1, 0.15) is 36.7 Å². The summed E-state index contributed by atoms with van der Waals surface area (Å²) in [7, 11) is 2.11. The SMILES string of the molecule is COC(=O)C1(C(=O)OC)C(C(=O)c2ccccc2)C12C(=O)N(C(=O)OC(C)(C)C)c1ccccc12. The fourth-order valence-corrected chi connectivity index (χ4v) is 5.15. The van der Waals surface area contributed by atoms with Gasteiger partial charge < -0.3 is 14.2 Å². The number of rotatable bonds is 4. The number of methoxy groups -OCH3 is 2. The van der Waals surface area contributed by atoms with Gasteiger partial charge in [0.1, 0.15) is 11.0 Å². The first-order chi connectivity index (χ1) is 16.5. The second kappa shape index (κ2) is 8.04. The summed E-state index contributed by atoms with van der Waals surface area (Å²) < 4.78 is 15.4. The average Bonchev–Trinajstić information content (AvgIpc) is 3.39. The Balaban J connectivity index is 2.00. The zero-order valence-electron chi connectivity index (χ0n) is 20.0. The molecule has 2 unspecified atom stereocenters. The number of imide groups is 1. The van der Waals surface area contributed by atoms with E-state index in [2.05, 4.69) is 0 Å². The maximum Gasteiger partial charge on any atom is 0.421 e. The quantitative estimate of drug-likeness (QED) is 0.284. The highest BCUT2D eigenvalue weighted by Gasteiger charge is 2.94. The number of nitrogens with zero attached hydrogens (tertiary/aromatic N) is 1. The predicted molar refractivity (Wildman–Crippen MR) is 123 cm³/mol. The third-order valence-electron chi connectivity index (χ3n) is 6.43. The van der Waals surface area contributed by atoms with Crippen molar-refractivity contribution in [3.8, 4) is 0 Å². The molecule has 2 aliphatic rings. The molecule has 9 nitrogen and oxygen atoms in total. The molecule has 1 spiro atoms. The molecule has 1 heterocycles. The van der Waals surface area contributed by atoms with E-state index in [1.807, 2.05) is 0 Å². The monoisotopic (exact) mass is 479 g/mol.